The van der Waals surface area contributed by atoms with E-state index in [4.69, 9.17) is 4.52 Å². The van der Waals surface area contributed by atoms with Gasteiger partial charge in [0.2, 0.25) is 17.6 Å². The van der Waals surface area contributed by atoms with Gasteiger partial charge in [-0.1, -0.05) is 35.5 Å². The maximum Gasteiger partial charge on any atom is 0.249 e. The van der Waals surface area contributed by atoms with Gasteiger partial charge in [-0.2, -0.15) is 4.98 Å². The smallest absolute Gasteiger partial charge is 0.249 e. The maximum atomic E-state index is 13.0. The summed E-state index contributed by atoms with van der Waals surface area (Å²) in [5.41, 5.74) is 0.935. The molecule has 4 rings (SSSR count). The van der Waals surface area contributed by atoms with Crippen LogP contribution in [0.2, 0.25) is 0 Å². The van der Waals surface area contributed by atoms with Crippen molar-refractivity contribution < 1.29 is 9.32 Å². The summed E-state index contributed by atoms with van der Waals surface area (Å²) in [6.45, 7) is 2.64. The molecule has 1 atom stereocenters. The fraction of sp³-hybridized carbons (Fsp3) is 0.526. The molecule has 1 aromatic carbocycles. The molecule has 0 bridgehead atoms. The van der Waals surface area contributed by atoms with Gasteiger partial charge in [-0.25, -0.2) is 0 Å². The number of nitrogens with zero attached hydrogens (tertiary/aromatic N) is 3. The fourth-order valence-electron chi connectivity index (χ4n) is 3.83. The van der Waals surface area contributed by atoms with Crippen LogP contribution in [0, 0.1) is 5.92 Å². The molecule has 0 saturated carbocycles. The van der Waals surface area contributed by atoms with Crippen LogP contribution >= 0.6 is 12.4 Å². The van der Waals surface area contributed by atoms with Gasteiger partial charge in [0.25, 0.3) is 0 Å². The minimum Gasteiger partial charge on any atom is -0.337 e. The molecule has 2 aromatic rings. The van der Waals surface area contributed by atoms with Gasteiger partial charge in [0.1, 0.15) is 6.04 Å². The summed E-state index contributed by atoms with van der Waals surface area (Å²) in [5, 5.41) is 7.46. The van der Waals surface area contributed by atoms with Crippen LogP contribution in [-0.4, -0.2) is 40.6 Å². The number of amides is 1. The minimum atomic E-state index is -0.0823. The molecular weight excluding hydrogens is 352 g/mol. The van der Waals surface area contributed by atoms with Gasteiger partial charge in [-0.3, -0.25) is 4.79 Å². The lowest BCUT2D eigenvalue weighted by Crippen LogP contribution is -2.44. The van der Waals surface area contributed by atoms with Gasteiger partial charge >= 0.3 is 0 Å². The largest absolute Gasteiger partial charge is 0.337 e. The molecule has 2 saturated heterocycles. The molecule has 0 spiro atoms. The molecule has 2 aliphatic heterocycles. The monoisotopic (exact) mass is 376 g/mol. The summed E-state index contributed by atoms with van der Waals surface area (Å²) in [6, 6.07) is 9.73. The predicted octanol–water partition coefficient (Wildman–Crippen LogP) is 3.21. The Balaban J connectivity index is 0.00000196. The molecule has 3 heterocycles. The molecule has 26 heavy (non-hydrogen) atoms. The third-order valence-corrected chi connectivity index (χ3v) is 5.23. The highest BCUT2D eigenvalue weighted by Gasteiger charge is 2.35. The zero-order valence-corrected chi connectivity index (χ0v) is 15.6. The number of nitrogens with one attached hydrogen (secondary N) is 1. The van der Waals surface area contributed by atoms with E-state index < -0.39 is 0 Å². The van der Waals surface area contributed by atoms with Crippen LogP contribution in [0.5, 0.6) is 0 Å². The van der Waals surface area contributed by atoms with E-state index in [9.17, 15) is 4.79 Å². The number of halogens is 1. The molecule has 7 heteroatoms. The van der Waals surface area contributed by atoms with E-state index in [1.165, 1.54) is 0 Å². The number of hydrogen-bond donors (Lipinski definition) is 1. The second-order valence-electron chi connectivity index (χ2n) is 6.89. The average Bonchev–Trinajstić information content (AvgIpc) is 3.19. The van der Waals surface area contributed by atoms with Crippen molar-refractivity contribution >= 4 is 18.3 Å². The lowest BCUT2D eigenvalue weighted by molar-refractivity contribution is -0.141. The number of piperidine rings is 2. The molecule has 6 nitrogen and oxygen atoms in total. The zero-order chi connectivity index (χ0) is 17.1. The number of carbonyl (C=O) groups excluding carboxylic acids is 1. The van der Waals surface area contributed by atoms with Crippen molar-refractivity contribution in [2.45, 2.75) is 38.1 Å². The van der Waals surface area contributed by atoms with Crippen molar-refractivity contribution in [1.82, 2.24) is 20.4 Å². The lowest BCUT2D eigenvalue weighted by Gasteiger charge is -2.36. The van der Waals surface area contributed by atoms with Gasteiger partial charge in [0.15, 0.2) is 0 Å². The SMILES string of the molecule is Cl.O=C(C1CCNCC1)N1CCCCC1c1nc(-c2ccccc2)no1. The third kappa shape index (κ3) is 3.91. The van der Waals surface area contributed by atoms with Crippen molar-refractivity contribution in [2.24, 2.45) is 5.92 Å². The first kappa shape index (κ1) is 18.9. The van der Waals surface area contributed by atoms with Crippen molar-refractivity contribution in [3.8, 4) is 11.4 Å². The Bertz CT molecular complexity index is 715. The van der Waals surface area contributed by atoms with Crippen molar-refractivity contribution in [1.29, 1.82) is 0 Å². The molecule has 1 amide bonds. The molecule has 1 unspecified atom stereocenters. The second-order valence-corrected chi connectivity index (χ2v) is 6.89. The number of likely N-dealkylation sites (tertiary alicyclic amines) is 1. The summed E-state index contributed by atoms with van der Waals surface area (Å²) in [4.78, 5) is 19.6. The van der Waals surface area contributed by atoms with Crippen LogP contribution in [0.3, 0.4) is 0 Å². The predicted molar refractivity (Wildman–Crippen MR) is 101 cm³/mol. The number of benzene rings is 1. The van der Waals surface area contributed by atoms with E-state index in [0.717, 1.165) is 57.3 Å². The second kappa shape index (κ2) is 8.64. The van der Waals surface area contributed by atoms with E-state index in [2.05, 4.69) is 15.5 Å². The Morgan fingerprint density at radius 3 is 2.65 bits per heavy atom. The molecule has 0 aliphatic carbocycles. The zero-order valence-electron chi connectivity index (χ0n) is 14.8. The summed E-state index contributed by atoms with van der Waals surface area (Å²) in [7, 11) is 0. The molecule has 0 radical (unpaired) electrons. The van der Waals surface area contributed by atoms with Gasteiger partial charge in [-0.15, -0.1) is 12.4 Å². The van der Waals surface area contributed by atoms with Crippen LogP contribution in [0.4, 0.5) is 0 Å². The van der Waals surface area contributed by atoms with E-state index in [1.54, 1.807) is 0 Å². The molecule has 2 fully saturated rings. The van der Waals surface area contributed by atoms with Crippen LogP contribution in [-0.2, 0) is 4.79 Å². The molecule has 1 aromatic heterocycles. The highest BCUT2D eigenvalue weighted by Crippen LogP contribution is 2.33. The fourth-order valence-corrected chi connectivity index (χ4v) is 3.83. The van der Waals surface area contributed by atoms with Gasteiger partial charge in [0, 0.05) is 18.0 Å². The topological polar surface area (TPSA) is 71.3 Å². The summed E-state index contributed by atoms with van der Waals surface area (Å²) < 4.78 is 5.56. The number of carbonyl (C=O) groups is 1. The average molecular weight is 377 g/mol. The van der Waals surface area contributed by atoms with Crippen LogP contribution in [0.15, 0.2) is 34.9 Å². The molecule has 1 N–H and O–H groups in total. The Hall–Kier alpha value is -1.92. The van der Waals surface area contributed by atoms with Crippen molar-refractivity contribution in [2.75, 3.05) is 19.6 Å². The van der Waals surface area contributed by atoms with Crippen LogP contribution in [0.25, 0.3) is 11.4 Å². The third-order valence-electron chi connectivity index (χ3n) is 5.23. The van der Waals surface area contributed by atoms with Gasteiger partial charge in [-0.05, 0) is 45.2 Å². The van der Waals surface area contributed by atoms with Crippen molar-refractivity contribution in [3.63, 3.8) is 0 Å². The highest BCUT2D eigenvalue weighted by molar-refractivity contribution is 5.85. The first-order valence-electron chi connectivity index (χ1n) is 9.23. The van der Waals surface area contributed by atoms with Crippen LogP contribution < -0.4 is 5.32 Å². The quantitative estimate of drug-likeness (QED) is 0.890. The van der Waals surface area contributed by atoms with E-state index in [-0.39, 0.29) is 30.3 Å². The van der Waals surface area contributed by atoms with Crippen LogP contribution in [0.1, 0.15) is 44.0 Å². The molecule has 2 aliphatic rings. The Morgan fingerprint density at radius 1 is 1.12 bits per heavy atom. The number of rotatable bonds is 3. The van der Waals surface area contributed by atoms with E-state index in [0.29, 0.717) is 11.7 Å². The number of aromatic nitrogens is 2. The molecular formula is C19H25ClN4O2. The lowest BCUT2D eigenvalue weighted by atomic mass is 9.93. The maximum absolute atomic E-state index is 13.0. The van der Waals surface area contributed by atoms with Crippen molar-refractivity contribution in [3.05, 3.63) is 36.2 Å². The normalized spacial score (nSPS) is 21.2. The number of hydrogen-bond acceptors (Lipinski definition) is 5. The minimum absolute atomic E-state index is 0. The Labute approximate surface area is 159 Å². The summed E-state index contributed by atoms with van der Waals surface area (Å²) in [6.07, 6.45) is 4.87. The highest BCUT2D eigenvalue weighted by atomic mass is 35.5. The standard InChI is InChI=1S/C19H24N4O2.ClH/c24-19(15-9-11-20-12-10-15)23-13-5-4-8-16(23)18-21-17(22-25-18)14-6-2-1-3-7-14;/h1-3,6-7,15-16,20H,4-5,8-13H2;1H. The van der Waals surface area contributed by atoms with E-state index in [1.807, 2.05) is 35.2 Å². The Morgan fingerprint density at radius 2 is 1.88 bits per heavy atom. The molecule has 140 valence electrons. The first-order valence-corrected chi connectivity index (χ1v) is 9.23. The van der Waals surface area contributed by atoms with Gasteiger partial charge < -0.3 is 14.7 Å². The van der Waals surface area contributed by atoms with Gasteiger partial charge in [0.05, 0.1) is 0 Å². The summed E-state index contributed by atoms with van der Waals surface area (Å²) >= 11 is 0. The summed E-state index contributed by atoms with van der Waals surface area (Å²) in [5.74, 6) is 1.54. The Kier molecular flexibility index (Phi) is 6.27. The first-order chi connectivity index (χ1) is 12.3. The van der Waals surface area contributed by atoms with E-state index >= 15 is 0 Å².